The van der Waals surface area contributed by atoms with Crippen molar-refractivity contribution in [3.63, 3.8) is 0 Å². The van der Waals surface area contributed by atoms with E-state index in [1.807, 2.05) is 0 Å². The van der Waals surface area contributed by atoms with Gasteiger partial charge in [-0.15, -0.1) is 6.58 Å². The normalized spacial score (nSPS) is 11.7. The van der Waals surface area contributed by atoms with Gasteiger partial charge in [0.1, 0.15) is 6.04 Å². The number of nitrogens with one attached hydrogen (secondary N) is 1. The summed E-state index contributed by atoms with van der Waals surface area (Å²) in [5, 5.41) is 2.51. The molecule has 0 rings (SSSR count). The van der Waals surface area contributed by atoms with Gasteiger partial charge in [0.2, 0.25) is 0 Å². The highest BCUT2D eigenvalue weighted by Gasteiger charge is 2.21. The van der Waals surface area contributed by atoms with E-state index in [9.17, 15) is 9.59 Å². The highest BCUT2D eigenvalue weighted by atomic mass is 16.6. The number of hydrogen-bond acceptors (Lipinski definition) is 4. The van der Waals surface area contributed by atoms with Crippen LogP contribution in [0, 0.1) is 0 Å². The van der Waals surface area contributed by atoms with Crippen molar-refractivity contribution in [2.75, 3.05) is 13.2 Å². The van der Waals surface area contributed by atoms with Crippen LogP contribution in [0.4, 0.5) is 4.79 Å². The minimum Gasteiger partial charge on any atom is -0.464 e. The molecule has 0 bridgehead atoms. The minimum atomic E-state index is -0.724. The predicted molar refractivity (Wildman–Crippen MR) is 120 cm³/mol. The first-order chi connectivity index (χ1) is 14.2. The van der Waals surface area contributed by atoms with Crippen molar-refractivity contribution in [2.24, 2.45) is 0 Å². The van der Waals surface area contributed by atoms with E-state index in [1.54, 1.807) is 13.0 Å². The van der Waals surface area contributed by atoms with E-state index in [0.717, 1.165) is 12.8 Å². The van der Waals surface area contributed by atoms with Gasteiger partial charge >= 0.3 is 12.1 Å². The number of hydrogen-bond donors (Lipinski definition) is 1. The molecule has 0 aromatic heterocycles. The number of unbranched alkanes of at least 4 members (excludes halogenated alkanes) is 13. The third-order valence-corrected chi connectivity index (χ3v) is 5.00. The van der Waals surface area contributed by atoms with Gasteiger partial charge in [-0.05, 0) is 19.8 Å². The second kappa shape index (κ2) is 21.2. The molecule has 0 aromatic carbocycles. The van der Waals surface area contributed by atoms with Crippen LogP contribution in [0.1, 0.15) is 110 Å². The second-order valence-corrected chi connectivity index (χ2v) is 7.71. The Morgan fingerprint density at radius 3 is 1.72 bits per heavy atom. The molecule has 0 saturated heterocycles. The summed E-state index contributed by atoms with van der Waals surface area (Å²) in [5.74, 6) is -0.423. The quantitative estimate of drug-likeness (QED) is 0.137. The highest BCUT2D eigenvalue weighted by molar-refractivity contribution is 5.81. The summed E-state index contributed by atoms with van der Waals surface area (Å²) >= 11 is 0. The van der Waals surface area contributed by atoms with Crippen molar-refractivity contribution in [1.29, 1.82) is 0 Å². The van der Waals surface area contributed by atoms with Gasteiger partial charge in [-0.3, -0.25) is 0 Å². The van der Waals surface area contributed by atoms with E-state index in [-0.39, 0.29) is 6.61 Å². The molecular weight excluding hydrogens is 366 g/mol. The zero-order valence-corrected chi connectivity index (χ0v) is 19.0. The van der Waals surface area contributed by atoms with Crippen LogP contribution in [-0.2, 0) is 14.3 Å². The zero-order valence-electron chi connectivity index (χ0n) is 19.0. The summed E-state index contributed by atoms with van der Waals surface area (Å²) in [4.78, 5) is 23.5. The monoisotopic (exact) mass is 411 g/mol. The van der Waals surface area contributed by atoms with Crippen molar-refractivity contribution in [3.05, 3.63) is 12.7 Å². The average Bonchev–Trinajstić information content (AvgIpc) is 2.70. The SMILES string of the molecule is C=CCC(NC(=O)OCC)C(=O)OCCCCCCCCCCCCCCCC. The van der Waals surface area contributed by atoms with Gasteiger partial charge in [-0.25, -0.2) is 9.59 Å². The molecule has 0 aliphatic carbocycles. The third kappa shape index (κ3) is 18.3. The predicted octanol–water partition coefficient (Wildman–Crippen LogP) is 6.70. The Bertz CT molecular complexity index is 412. The molecule has 1 N–H and O–H groups in total. The van der Waals surface area contributed by atoms with Crippen LogP contribution in [0.3, 0.4) is 0 Å². The Morgan fingerprint density at radius 2 is 1.28 bits per heavy atom. The number of rotatable bonds is 20. The summed E-state index contributed by atoms with van der Waals surface area (Å²) < 4.78 is 10.1. The van der Waals surface area contributed by atoms with Gasteiger partial charge < -0.3 is 14.8 Å². The minimum absolute atomic E-state index is 0.265. The number of alkyl carbamates (subject to hydrolysis) is 1. The molecule has 0 aromatic rings. The number of carbonyl (C=O) groups is 2. The van der Waals surface area contributed by atoms with Crippen LogP contribution in [0.5, 0.6) is 0 Å². The molecule has 1 amide bonds. The summed E-state index contributed by atoms with van der Waals surface area (Å²) in [6, 6.07) is -0.724. The molecule has 0 aliphatic rings. The molecule has 0 fully saturated rings. The second-order valence-electron chi connectivity index (χ2n) is 7.71. The number of amides is 1. The van der Waals surface area contributed by atoms with Crippen LogP contribution in [0.2, 0.25) is 0 Å². The zero-order chi connectivity index (χ0) is 21.6. The lowest BCUT2D eigenvalue weighted by atomic mass is 10.0. The first-order valence-electron chi connectivity index (χ1n) is 11.9. The molecule has 170 valence electrons. The van der Waals surface area contributed by atoms with Gasteiger partial charge in [0.25, 0.3) is 0 Å². The van der Waals surface area contributed by atoms with Crippen LogP contribution >= 0.6 is 0 Å². The molecule has 0 spiro atoms. The Hall–Kier alpha value is -1.52. The lowest BCUT2D eigenvalue weighted by Gasteiger charge is -2.15. The maximum absolute atomic E-state index is 12.1. The molecule has 5 nitrogen and oxygen atoms in total. The van der Waals surface area contributed by atoms with Crippen LogP contribution in [0.25, 0.3) is 0 Å². The van der Waals surface area contributed by atoms with Gasteiger partial charge in [0, 0.05) is 0 Å². The van der Waals surface area contributed by atoms with Crippen molar-refractivity contribution in [1.82, 2.24) is 5.32 Å². The molecule has 5 heteroatoms. The number of carbonyl (C=O) groups excluding carboxylic acids is 2. The number of esters is 1. The molecular formula is C24H45NO4. The molecule has 1 unspecified atom stereocenters. The Morgan fingerprint density at radius 1 is 0.793 bits per heavy atom. The Balaban J connectivity index is 3.52. The first kappa shape index (κ1) is 27.5. The topological polar surface area (TPSA) is 64.6 Å². The van der Waals surface area contributed by atoms with E-state index in [2.05, 4.69) is 18.8 Å². The fourth-order valence-corrected chi connectivity index (χ4v) is 3.27. The largest absolute Gasteiger partial charge is 0.464 e. The van der Waals surface area contributed by atoms with Crippen LogP contribution in [0.15, 0.2) is 12.7 Å². The summed E-state index contributed by atoms with van der Waals surface area (Å²) in [6.07, 6.45) is 19.4. The molecule has 1 atom stereocenters. The fraction of sp³-hybridized carbons (Fsp3) is 0.833. The standard InChI is InChI=1S/C24H45NO4/c1-4-7-8-9-10-11-12-13-14-15-16-17-18-19-21-29-23(26)22(20-5-2)25-24(27)28-6-3/h5,22H,2,4,6-21H2,1,3H3,(H,25,27). The molecule has 0 radical (unpaired) electrons. The maximum Gasteiger partial charge on any atom is 0.407 e. The van der Waals surface area contributed by atoms with Crippen LogP contribution in [-0.4, -0.2) is 31.3 Å². The van der Waals surface area contributed by atoms with Crippen molar-refractivity contribution in [3.8, 4) is 0 Å². The lowest BCUT2D eigenvalue weighted by Crippen LogP contribution is -2.41. The Labute approximate surface area is 179 Å². The van der Waals surface area contributed by atoms with E-state index in [0.29, 0.717) is 13.0 Å². The first-order valence-corrected chi connectivity index (χ1v) is 11.9. The summed E-state index contributed by atoms with van der Waals surface area (Å²) in [7, 11) is 0. The van der Waals surface area contributed by atoms with Crippen molar-refractivity contribution >= 4 is 12.1 Å². The average molecular weight is 412 g/mol. The van der Waals surface area contributed by atoms with Gasteiger partial charge in [0.15, 0.2) is 0 Å². The van der Waals surface area contributed by atoms with E-state index in [1.165, 1.54) is 77.0 Å². The molecule has 29 heavy (non-hydrogen) atoms. The molecule has 0 aliphatic heterocycles. The number of ether oxygens (including phenoxy) is 2. The fourth-order valence-electron chi connectivity index (χ4n) is 3.27. The molecule has 0 saturated carbocycles. The van der Waals surface area contributed by atoms with Gasteiger partial charge in [-0.1, -0.05) is 96.5 Å². The van der Waals surface area contributed by atoms with Gasteiger partial charge in [-0.2, -0.15) is 0 Å². The van der Waals surface area contributed by atoms with Gasteiger partial charge in [0.05, 0.1) is 13.2 Å². The van der Waals surface area contributed by atoms with Crippen LogP contribution < -0.4 is 5.32 Å². The van der Waals surface area contributed by atoms with Crippen molar-refractivity contribution < 1.29 is 19.1 Å². The van der Waals surface area contributed by atoms with Crippen molar-refractivity contribution in [2.45, 2.75) is 116 Å². The van der Waals surface area contributed by atoms with E-state index >= 15 is 0 Å². The maximum atomic E-state index is 12.1. The highest BCUT2D eigenvalue weighted by Crippen LogP contribution is 2.13. The smallest absolute Gasteiger partial charge is 0.407 e. The lowest BCUT2D eigenvalue weighted by molar-refractivity contribution is -0.146. The Kier molecular flexibility index (Phi) is 20.1. The third-order valence-electron chi connectivity index (χ3n) is 5.00. The van der Waals surface area contributed by atoms with E-state index < -0.39 is 18.1 Å². The van der Waals surface area contributed by atoms with E-state index in [4.69, 9.17) is 9.47 Å². The summed E-state index contributed by atoms with van der Waals surface area (Å²) in [5.41, 5.74) is 0. The molecule has 0 heterocycles. The summed E-state index contributed by atoms with van der Waals surface area (Å²) in [6.45, 7) is 8.26.